The minimum absolute atomic E-state index is 0.0957. The van der Waals surface area contributed by atoms with E-state index in [1.165, 1.54) is 19.1 Å². The summed E-state index contributed by atoms with van der Waals surface area (Å²) in [5, 5.41) is 24.9. The number of phenolic OH excluding ortho intramolecular Hbond substituents is 1. The number of hydrogen-bond acceptors (Lipinski definition) is 7. The monoisotopic (exact) mass is 522 g/mol. The molecule has 0 radical (unpaired) electrons. The highest BCUT2D eigenvalue weighted by atomic mass is 16.3. The van der Waals surface area contributed by atoms with Gasteiger partial charge in [-0.25, -0.2) is 14.5 Å². The summed E-state index contributed by atoms with van der Waals surface area (Å²) in [7, 11) is 0. The van der Waals surface area contributed by atoms with Crippen LogP contribution in [0.25, 0.3) is 11.0 Å². The fourth-order valence-electron chi connectivity index (χ4n) is 4.77. The predicted octanol–water partition coefficient (Wildman–Crippen LogP) is 2.56. The molecule has 12 nitrogen and oxygen atoms in total. The molecule has 202 valence electrons. The number of nitrogens with zero attached hydrogens (tertiary/aromatic N) is 4. The Morgan fingerprint density at radius 3 is 2.53 bits per heavy atom. The Hall–Kier alpha value is -4.35. The number of aromatic nitrogens is 3. The van der Waals surface area contributed by atoms with Crippen LogP contribution in [0, 0.1) is 0 Å². The molecule has 4 rings (SSSR count). The van der Waals surface area contributed by atoms with Crippen molar-refractivity contribution in [3.8, 4) is 5.75 Å². The molecule has 1 aliphatic heterocycles. The lowest BCUT2D eigenvalue weighted by Crippen LogP contribution is -2.44. The first-order chi connectivity index (χ1) is 18.2. The second-order valence-electron chi connectivity index (χ2n) is 9.30. The van der Waals surface area contributed by atoms with Gasteiger partial charge in [-0.05, 0) is 38.3 Å². The number of nitrogens with one attached hydrogen (secondary N) is 3. The van der Waals surface area contributed by atoms with Gasteiger partial charge in [-0.3, -0.25) is 9.59 Å². The van der Waals surface area contributed by atoms with Gasteiger partial charge in [0.1, 0.15) is 5.75 Å². The van der Waals surface area contributed by atoms with Crippen molar-refractivity contribution in [1.29, 1.82) is 0 Å². The Labute approximate surface area is 220 Å². The van der Waals surface area contributed by atoms with E-state index in [9.17, 15) is 19.5 Å². The molecule has 1 aromatic carbocycles. The van der Waals surface area contributed by atoms with Crippen molar-refractivity contribution >= 4 is 40.3 Å². The van der Waals surface area contributed by atoms with Gasteiger partial charge in [0.05, 0.1) is 22.8 Å². The average molecular weight is 523 g/mol. The zero-order valence-electron chi connectivity index (χ0n) is 21.9. The lowest BCUT2D eigenvalue weighted by atomic mass is 10.0. The van der Waals surface area contributed by atoms with E-state index in [0.717, 1.165) is 40.8 Å². The van der Waals surface area contributed by atoms with Gasteiger partial charge in [0.15, 0.2) is 5.65 Å². The van der Waals surface area contributed by atoms with Gasteiger partial charge in [-0.1, -0.05) is 6.92 Å². The number of hydrogen-bond donors (Lipinski definition) is 5. The van der Waals surface area contributed by atoms with Gasteiger partial charge in [-0.2, -0.15) is 5.10 Å². The SMILES string of the molecule is CCc1nc2c(cnn2CC)c(NC2CCN(C(N)=O)CC2)c1CNC(=O)c1ccc(NC(C)=O)cc1O. The molecule has 12 heteroatoms. The summed E-state index contributed by atoms with van der Waals surface area (Å²) in [6, 6.07) is 4.06. The Balaban J connectivity index is 1.62. The lowest BCUT2D eigenvalue weighted by molar-refractivity contribution is -0.114. The minimum atomic E-state index is -0.455. The van der Waals surface area contributed by atoms with E-state index >= 15 is 0 Å². The lowest BCUT2D eigenvalue weighted by Gasteiger charge is -2.32. The Morgan fingerprint density at radius 1 is 1.18 bits per heavy atom. The van der Waals surface area contributed by atoms with Gasteiger partial charge >= 0.3 is 6.03 Å². The highest BCUT2D eigenvalue weighted by Crippen LogP contribution is 2.31. The maximum Gasteiger partial charge on any atom is 0.314 e. The van der Waals surface area contributed by atoms with Crippen LogP contribution in [0.2, 0.25) is 0 Å². The third-order valence-electron chi connectivity index (χ3n) is 6.75. The molecular formula is C26H34N8O4. The van der Waals surface area contributed by atoms with E-state index in [0.29, 0.717) is 31.7 Å². The third kappa shape index (κ3) is 5.63. The number of primary amides is 1. The molecule has 6 N–H and O–H groups in total. The van der Waals surface area contributed by atoms with Crippen LogP contribution in [-0.4, -0.2) is 61.7 Å². The Bertz CT molecular complexity index is 1360. The van der Waals surface area contributed by atoms with E-state index in [1.807, 2.05) is 18.5 Å². The second kappa shape index (κ2) is 11.4. The number of amides is 4. The van der Waals surface area contributed by atoms with Crippen LogP contribution in [0.5, 0.6) is 5.75 Å². The van der Waals surface area contributed by atoms with Gasteiger partial charge < -0.3 is 31.7 Å². The van der Waals surface area contributed by atoms with Gasteiger partial charge in [0, 0.05) is 62.2 Å². The molecule has 0 aliphatic carbocycles. The number of benzene rings is 1. The summed E-state index contributed by atoms with van der Waals surface area (Å²) in [4.78, 5) is 42.4. The van der Waals surface area contributed by atoms with Crippen LogP contribution in [0.3, 0.4) is 0 Å². The predicted molar refractivity (Wildman–Crippen MR) is 144 cm³/mol. The van der Waals surface area contributed by atoms with Crippen molar-refractivity contribution in [3.05, 3.63) is 41.2 Å². The molecule has 0 spiro atoms. The van der Waals surface area contributed by atoms with Crippen molar-refractivity contribution in [1.82, 2.24) is 25.0 Å². The zero-order valence-corrected chi connectivity index (χ0v) is 21.9. The summed E-state index contributed by atoms with van der Waals surface area (Å²) < 4.78 is 1.84. The molecule has 38 heavy (non-hydrogen) atoms. The maximum absolute atomic E-state index is 13.0. The Kier molecular flexibility index (Phi) is 7.99. The van der Waals surface area contributed by atoms with E-state index in [-0.39, 0.29) is 29.8 Å². The number of likely N-dealkylation sites (tertiary alicyclic amines) is 1. The van der Waals surface area contributed by atoms with Gasteiger partial charge in [-0.15, -0.1) is 0 Å². The van der Waals surface area contributed by atoms with Crippen LogP contribution in [-0.2, 0) is 24.3 Å². The topological polar surface area (TPSA) is 167 Å². The van der Waals surface area contributed by atoms with Crippen molar-refractivity contribution in [3.63, 3.8) is 0 Å². The Morgan fingerprint density at radius 2 is 1.92 bits per heavy atom. The molecule has 0 unspecified atom stereocenters. The van der Waals surface area contributed by atoms with Crippen LogP contribution < -0.4 is 21.7 Å². The molecule has 1 aliphatic rings. The summed E-state index contributed by atoms with van der Waals surface area (Å²) >= 11 is 0. The van der Waals surface area contributed by atoms with Crippen molar-refractivity contribution in [2.24, 2.45) is 5.73 Å². The van der Waals surface area contributed by atoms with E-state index in [4.69, 9.17) is 10.7 Å². The second-order valence-corrected chi connectivity index (χ2v) is 9.30. The largest absolute Gasteiger partial charge is 0.507 e. The number of carbonyl (C=O) groups excluding carboxylic acids is 3. The highest BCUT2D eigenvalue weighted by molar-refractivity contribution is 5.98. The van der Waals surface area contributed by atoms with Crippen LogP contribution >= 0.6 is 0 Å². The molecule has 0 atom stereocenters. The zero-order chi connectivity index (χ0) is 27.4. The normalized spacial score (nSPS) is 13.9. The molecule has 4 amide bonds. The quantitative estimate of drug-likeness (QED) is 0.303. The number of phenols is 1. The van der Waals surface area contributed by atoms with Crippen molar-refractivity contribution in [2.75, 3.05) is 23.7 Å². The van der Waals surface area contributed by atoms with Gasteiger partial charge in [0.25, 0.3) is 5.91 Å². The molecule has 0 bridgehead atoms. The standard InChI is InChI=1S/C26H34N8O4/c1-4-21-19(13-28-25(37)18-7-6-17(12-22(18)36)30-15(3)35)23(20-14-29-34(5-2)24(20)32-21)31-16-8-10-33(11-9-16)26(27)38/h6-7,12,14,16,36H,4-5,8-11,13H2,1-3H3,(H2,27,38)(H,28,37)(H,30,35)(H,31,32). The minimum Gasteiger partial charge on any atom is -0.507 e. The molecular weight excluding hydrogens is 488 g/mol. The summed E-state index contributed by atoms with van der Waals surface area (Å²) in [5.41, 5.74) is 9.24. The number of anilines is 2. The van der Waals surface area contributed by atoms with E-state index < -0.39 is 11.9 Å². The fourth-order valence-corrected chi connectivity index (χ4v) is 4.77. The van der Waals surface area contributed by atoms with Crippen LogP contribution in [0.1, 0.15) is 55.2 Å². The van der Waals surface area contributed by atoms with E-state index in [2.05, 4.69) is 21.0 Å². The average Bonchev–Trinajstić information content (AvgIpc) is 3.30. The number of urea groups is 1. The summed E-state index contributed by atoms with van der Waals surface area (Å²) in [6.45, 7) is 7.35. The molecule has 3 aromatic rings. The molecule has 2 aromatic heterocycles. The number of nitrogens with two attached hydrogens (primary N) is 1. The third-order valence-corrected chi connectivity index (χ3v) is 6.75. The molecule has 1 saturated heterocycles. The number of fused-ring (bicyclic) bond motifs is 1. The first-order valence-corrected chi connectivity index (χ1v) is 12.8. The molecule has 1 fully saturated rings. The molecule has 3 heterocycles. The van der Waals surface area contributed by atoms with Crippen molar-refractivity contribution < 1.29 is 19.5 Å². The number of rotatable bonds is 8. The number of aryl methyl sites for hydroxylation is 2. The maximum atomic E-state index is 13.0. The van der Waals surface area contributed by atoms with Crippen molar-refractivity contribution in [2.45, 2.75) is 59.2 Å². The fraction of sp³-hybridized carbons (Fsp3) is 0.423. The summed E-state index contributed by atoms with van der Waals surface area (Å²) in [5.74, 6) is -0.964. The summed E-state index contributed by atoms with van der Waals surface area (Å²) in [6.07, 6.45) is 3.89. The van der Waals surface area contributed by atoms with E-state index in [1.54, 1.807) is 17.2 Å². The number of piperidine rings is 1. The first-order valence-electron chi connectivity index (χ1n) is 12.8. The van der Waals surface area contributed by atoms with Crippen LogP contribution in [0.15, 0.2) is 24.4 Å². The first kappa shape index (κ1) is 26.7. The number of aromatic hydroxyl groups is 1. The molecule has 0 saturated carbocycles. The number of carbonyl (C=O) groups is 3. The van der Waals surface area contributed by atoms with Gasteiger partial charge in [0.2, 0.25) is 5.91 Å². The van der Waals surface area contributed by atoms with Crippen LogP contribution in [0.4, 0.5) is 16.2 Å². The number of pyridine rings is 1. The highest BCUT2D eigenvalue weighted by Gasteiger charge is 2.25. The smallest absolute Gasteiger partial charge is 0.314 e.